The van der Waals surface area contributed by atoms with Gasteiger partial charge in [-0.1, -0.05) is 46.9 Å². The molecule has 0 heterocycles. The Labute approximate surface area is 115 Å². The van der Waals surface area contributed by atoms with Gasteiger partial charge >= 0.3 is 0 Å². The number of halogens is 3. The summed E-state index contributed by atoms with van der Waals surface area (Å²) in [6, 6.07) is 7.63. The van der Waals surface area contributed by atoms with Crippen LogP contribution in [0.3, 0.4) is 0 Å². The molecule has 1 aromatic carbocycles. The maximum Gasteiger partial charge on any atom is 0.118 e. The van der Waals surface area contributed by atoms with E-state index in [1.54, 1.807) is 13.2 Å². The molecule has 1 aliphatic carbocycles. The number of methoxy groups -OCH3 is 1. The van der Waals surface area contributed by atoms with Gasteiger partial charge in [-0.25, -0.2) is 0 Å². The van der Waals surface area contributed by atoms with E-state index >= 15 is 0 Å². The van der Waals surface area contributed by atoms with Gasteiger partial charge in [-0.2, -0.15) is 0 Å². The molecule has 0 spiro atoms. The minimum absolute atomic E-state index is 0.396. The molecule has 0 radical (unpaired) electrons. The van der Waals surface area contributed by atoms with Crippen molar-refractivity contribution in [3.8, 4) is 5.75 Å². The van der Waals surface area contributed by atoms with Gasteiger partial charge < -0.3 is 4.74 Å². The molecular weight excluding hydrogens is 279 g/mol. The van der Waals surface area contributed by atoms with E-state index in [1.165, 1.54) is 0 Å². The highest BCUT2D eigenvalue weighted by molar-refractivity contribution is 6.50. The normalized spacial score (nSPS) is 17.6. The largest absolute Gasteiger partial charge is 0.497 e. The van der Waals surface area contributed by atoms with Crippen molar-refractivity contribution in [3.05, 3.63) is 56.6 Å². The summed E-state index contributed by atoms with van der Waals surface area (Å²) in [5.74, 6) is 0.812. The van der Waals surface area contributed by atoms with Crippen LogP contribution in [-0.2, 0) is 0 Å². The van der Waals surface area contributed by atoms with E-state index in [4.69, 9.17) is 39.5 Å². The Balaban J connectivity index is 2.32. The second kappa shape index (κ2) is 5.18. The predicted octanol–water partition coefficient (Wildman–Crippen LogP) is 4.90. The molecule has 0 fully saturated rings. The second-order valence-electron chi connectivity index (χ2n) is 3.49. The highest BCUT2D eigenvalue weighted by atomic mass is 35.5. The molecule has 1 aromatic rings. The summed E-state index contributed by atoms with van der Waals surface area (Å²) < 4.78 is 5.08. The zero-order valence-corrected chi connectivity index (χ0v) is 11.3. The molecule has 0 aromatic heterocycles. The van der Waals surface area contributed by atoms with Gasteiger partial charge in [0.15, 0.2) is 0 Å². The van der Waals surface area contributed by atoms with Crippen LogP contribution >= 0.6 is 34.8 Å². The molecule has 2 rings (SSSR count). The molecule has 0 saturated carbocycles. The van der Waals surface area contributed by atoms with E-state index in [2.05, 4.69) is 0 Å². The van der Waals surface area contributed by atoms with Crippen molar-refractivity contribution < 1.29 is 4.74 Å². The molecule has 1 aliphatic rings. The van der Waals surface area contributed by atoms with Gasteiger partial charge in [0.05, 0.1) is 22.2 Å². The van der Waals surface area contributed by atoms with Crippen molar-refractivity contribution in [3.63, 3.8) is 0 Å². The van der Waals surface area contributed by atoms with Crippen LogP contribution in [0.2, 0.25) is 0 Å². The quantitative estimate of drug-likeness (QED) is 0.751. The second-order valence-corrected chi connectivity index (χ2v) is 4.66. The third-order valence-electron chi connectivity index (χ3n) is 2.38. The van der Waals surface area contributed by atoms with E-state index in [0.29, 0.717) is 15.1 Å². The van der Waals surface area contributed by atoms with Crippen LogP contribution in [0.15, 0.2) is 51.0 Å². The molecule has 0 amide bonds. The highest BCUT2D eigenvalue weighted by Gasteiger charge is 2.17. The Hall–Kier alpha value is -0.890. The van der Waals surface area contributed by atoms with Gasteiger partial charge in [0.2, 0.25) is 0 Å². The highest BCUT2D eigenvalue weighted by Crippen LogP contribution is 2.38. The van der Waals surface area contributed by atoms with Crippen LogP contribution in [-0.4, -0.2) is 7.11 Å². The monoisotopic (exact) mass is 286 g/mol. The first-order valence-corrected chi connectivity index (χ1v) is 6.04. The number of allylic oxidation sites excluding steroid dienone is 5. The average molecular weight is 288 g/mol. The summed E-state index contributed by atoms with van der Waals surface area (Å²) in [5.41, 5.74) is 1.82. The van der Waals surface area contributed by atoms with E-state index in [0.717, 1.165) is 16.9 Å². The third-order valence-corrected chi connectivity index (χ3v) is 3.67. The van der Waals surface area contributed by atoms with Crippen LogP contribution in [0.5, 0.6) is 5.75 Å². The van der Waals surface area contributed by atoms with Crippen LogP contribution in [0.25, 0.3) is 6.08 Å². The summed E-state index contributed by atoms with van der Waals surface area (Å²) in [6.45, 7) is 0. The SMILES string of the molecule is COc1ccc(/C=C2/C=C(Cl)C(Cl)=C2Cl)cc1. The smallest absolute Gasteiger partial charge is 0.118 e. The van der Waals surface area contributed by atoms with Crippen molar-refractivity contribution >= 4 is 40.9 Å². The van der Waals surface area contributed by atoms with Gasteiger partial charge in [-0.3, -0.25) is 0 Å². The van der Waals surface area contributed by atoms with Gasteiger partial charge in [-0.05, 0) is 35.4 Å². The standard InChI is InChI=1S/C13H9Cl3O/c1-17-10-4-2-8(3-5-10)6-9-7-11(14)13(16)12(9)15/h2-7H,1H3/b9-6-. The lowest BCUT2D eigenvalue weighted by molar-refractivity contribution is 0.415. The first kappa shape index (κ1) is 12.6. The maximum atomic E-state index is 6.05. The van der Waals surface area contributed by atoms with Crippen molar-refractivity contribution in [1.82, 2.24) is 0 Å². The van der Waals surface area contributed by atoms with E-state index in [-0.39, 0.29) is 0 Å². The average Bonchev–Trinajstić information content (AvgIpc) is 2.58. The zero-order chi connectivity index (χ0) is 12.4. The van der Waals surface area contributed by atoms with Crippen LogP contribution in [0, 0.1) is 0 Å². The summed E-state index contributed by atoms with van der Waals surface area (Å²) in [4.78, 5) is 0. The number of hydrogen-bond donors (Lipinski definition) is 0. The summed E-state index contributed by atoms with van der Waals surface area (Å²) in [6.07, 6.45) is 3.66. The first-order valence-electron chi connectivity index (χ1n) is 4.91. The van der Waals surface area contributed by atoms with Crippen LogP contribution in [0.1, 0.15) is 5.56 Å². The molecule has 0 atom stereocenters. The minimum atomic E-state index is 0.396. The Morgan fingerprint density at radius 3 is 2.12 bits per heavy atom. The topological polar surface area (TPSA) is 9.23 Å². The molecule has 0 unspecified atom stereocenters. The molecule has 4 heteroatoms. The summed E-state index contributed by atoms with van der Waals surface area (Å²) in [7, 11) is 1.63. The van der Waals surface area contributed by atoms with E-state index in [1.807, 2.05) is 30.3 Å². The summed E-state index contributed by atoms with van der Waals surface area (Å²) >= 11 is 17.9. The number of ether oxygens (including phenoxy) is 1. The fraction of sp³-hybridized carbons (Fsp3) is 0.0769. The lowest BCUT2D eigenvalue weighted by Crippen LogP contribution is -1.82. The lowest BCUT2D eigenvalue weighted by Gasteiger charge is -2.00. The van der Waals surface area contributed by atoms with Crippen molar-refractivity contribution in [2.24, 2.45) is 0 Å². The van der Waals surface area contributed by atoms with Gasteiger partial charge in [0.25, 0.3) is 0 Å². The van der Waals surface area contributed by atoms with Crippen molar-refractivity contribution in [2.75, 3.05) is 7.11 Å². The van der Waals surface area contributed by atoms with Crippen LogP contribution in [0.4, 0.5) is 0 Å². The van der Waals surface area contributed by atoms with Crippen LogP contribution < -0.4 is 4.74 Å². The molecule has 0 aliphatic heterocycles. The Kier molecular flexibility index (Phi) is 3.82. The Bertz CT molecular complexity index is 524. The molecule has 0 bridgehead atoms. The fourth-order valence-corrected chi connectivity index (χ4v) is 2.11. The van der Waals surface area contributed by atoms with E-state index in [9.17, 15) is 0 Å². The van der Waals surface area contributed by atoms with E-state index < -0.39 is 0 Å². The van der Waals surface area contributed by atoms with Gasteiger partial charge in [-0.15, -0.1) is 0 Å². The Morgan fingerprint density at radius 1 is 1.00 bits per heavy atom. The minimum Gasteiger partial charge on any atom is -0.497 e. The molecule has 88 valence electrons. The molecule has 0 saturated heterocycles. The zero-order valence-electron chi connectivity index (χ0n) is 9.01. The molecular formula is C13H9Cl3O. The number of rotatable bonds is 2. The van der Waals surface area contributed by atoms with Gasteiger partial charge in [0, 0.05) is 0 Å². The molecule has 1 nitrogen and oxygen atoms in total. The first-order chi connectivity index (χ1) is 8.11. The Morgan fingerprint density at radius 2 is 1.65 bits per heavy atom. The number of benzene rings is 1. The van der Waals surface area contributed by atoms with Gasteiger partial charge in [0.1, 0.15) is 5.75 Å². The lowest BCUT2D eigenvalue weighted by atomic mass is 10.1. The summed E-state index contributed by atoms with van der Waals surface area (Å²) in [5, 5.41) is 1.34. The van der Waals surface area contributed by atoms with Crippen molar-refractivity contribution in [1.29, 1.82) is 0 Å². The molecule has 0 N–H and O–H groups in total. The number of hydrogen-bond acceptors (Lipinski definition) is 1. The molecule has 17 heavy (non-hydrogen) atoms. The fourth-order valence-electron chi connectivity index (χ4n) is 1.48. The predicted molar refractivity (Wildman–Crippen MR) is 73.6 cm³/mol. The third kappa shape index (κ3) is 2.68. The maximum absolute atomic E-state index is 6.05. The van der Waals surface area contributed by atoms with Crippen molar-refractivity contribution in [2.45, 2.75) is 0 Å².